The van der Waals surface area contributed by atoms with Crippen molar-refractivity contribution in [3.63, 3.8) is 0 Å². The van der Waals surface area contributed by atoms with Gasteiger partial charge >= 0.3 is 0 Å². The predicted octanol–water partition coefficient (Wildman–Crippen LogP) is 3.15. The number of halogens is 2. The van der Waals surface area contributed by atoms with Crippen molar-refractivity contribution in [1.82, 2.24) is 20.2 Å². The molecule has 1 fully saturated rings. The van der Waals surface area contributed by atoms with Crippen LogP contribution in [0.3, 0.4) is 0 Å². The van der Waals surface area contributed by atoms with Gasteiger partial charge in [-0.1, -0.05) is 11.3 Å². The number of nitrogens with zero attached hydrogens (tertiary/aromatic N) is 3. The molecule has 3 heterocycles. The minimum atomic E-state index is -1.16. The van der Waals surface area contributed by atoms with Crippen LogP contribution in [0, 0.1) is 17.6 Å². The SMILES string of the molecule is CN1CCC(C(=O)NC(=O)c2c(F)ccc(OCc3nc4cccnc4s3)c2F)CC1. The average Bonchev–Trinajstić information content (AvgIpc) is 3.16. The molecule has 162 valence electrons. The fourth-order valence-electron chi connectivity index (χ4n) is 3.42. The highest BCUT2D eigenvalue weighted by Gasteiger charge is 2.28. The summed E-state index contributed by atoms with van der Waals surface area (Å²) >= 11 is 1.29. The first-order chi connectivity index (χ1) is 14.9. The topological polar surface area (TPSA) is 84.4 Å². The average molecular weight is 446 g/mol. The van der Waals surface area contributed by atoms with E-state index in [2.05, 4.69) is 20.2 Å². The fraction of sp³-hybridized carbons (Fsp3) is 0.333. The standard InChI is InChI=1S/C21H20F2N4O3S/c1-27-9-6-12(7-10-27)19(28)26-20(29)17-13(22)4-5-15(18(17)23)30-11-16-25-14-3-2-8-24-21(14)31-16/h2-5,8,12H,6-7,9-11H2,1H3,(H,26,28,29). The number of piperidine rings is 1. The Labute approximate surface area is 181 Å². The van der Waals surface area contributed by atoms with Crippen molar-refractivity contribution in [2.24, 2.45) is 5.92 Å². The van der Waals surface area contributed by atoms with Crippen LogP contribution in [0.15, 0.2) is 30.5 Å². The number of amides is 2. The van der Waals surface area contributed by atoms with Crippen molar-refractivity contribution in [2.75, 3.05) is 20.1 Å². The molecule has 0 spiro atoms. The molecule has 0 saturated carbocycles. The minimum absolute atomic E-state index is 0.0703. The smallest absolute Gasteiger partial charge is 0.263 e. The summed E-state index contributed by atoms with van der Waals surface area (Å²) in [5.74, 6) is -4.53. The summed E-state index contributed by atoms with van der Waals surface area (Å²) < 4.78 is 34.5. The van der Waals surface area contributed by atoms with Crippen molar-refractivity contribution in [3.05, 3.63) is 52.7 Å². The van der Waals surface area contributed by atoms with Crippen molar-refractivity contribution < 1.29 is 23.1 Å². The lowest BCUT2D eigenvalue weighted by Gasteiger charge is -2.27. The molecule has 0 bridgehead atoms. The van der Waals surface area contributed by atoms with Crippen LogP contribution in [0.2, 0.25) is 0 Å². The molecule has 1 aliphatic rings. The molecule has 3 aromatic rings. The summed E-state index contributed by atoms with van der Waals surface area (Å²) in [5, 5.41) is 2.69. The van der Waals surface area contributed by atoms with Gasteiger partial charge in [-0.2, -0.15) is 0 Å². The van der Waals surface area contributed by atoms with Crippen LogP contribution < -0.4 is 10.1 Å². The Morgan fingerprint density at radius 3 is 2.77 bits per heavy atom. The van der Waals surface area contributed by atoms with Crippen LogP contribution in [0.4, 0.5) is 8.78 Å². The molecule has 2 amide bonds. The number of aromatic nitrogens is 2. The summed E-state index contributed by atoms with van der Waals surface area (Å²) in [5.41, 5.74) is -0.150. The molecule has 4 rings (SSSR count). The Morgan fingerprint density at radius 2 is 2.03 bits per heavy atom. The Balaban J connectivity index is 1.46. The first kappa shape index (κ1) is 21.3. The molecule has 0 unspecified atom stereocenters. The quantitative estimate of drug-likeness (QED) is 0.606. The van der Waals surface area contributed by atoms with E-state index in [0.717, 1.165) is 25.2 Å². The number of pyridine rings is 1. The molecule has 10 heteroatoms. The molecule has 31 heavy (non-hydrogen) atoms. The fourth-order valence-corrected chi connectivity index (χ4v) is 4.23. The first-order valence-electron chi connectivity index (χ1n) is 9.77. The second-order valence-electron chi connectivity index (χ2n) is 7.35. The van der Waals surface area contributed by atoms with E-state index in [1.807, 2.05) is 7.05 Å². The molecular formula is C21H20F2N4O3S. The number of hydrogen-bond donors (Lipinski definition) is 1. The summed E-state index contributed by atoms with van der Waals surface area (Å²) in [6, 6.07) is 5.59. The summed E-state index contributed by atoms with van der Waals surface area (Å²) in [6.07, 6.45) is 2.81. The van der Waals surface area contributed by atoms with Crippen LogP contribution in [0.25, 0.3) is 10.3 Å². The third kappa shape index (κ3) is 4.70. The maximum absolute atomic E-state index is 14.9. The number of hydrogen-bond acceptors (Lipinski definition) is 7. The molecule has 2 aromatic heterocycles. The predicted molar refractivity (Wildman–Crippen MR) is 111 cm³/mol. The van der Waals surface area contributed by atoms with E-state index in [9.17, 15) is 18.4 Å². The van der Waals surface area contributed by atoms with E-state index < -0.39 is 29.0 Å². The van der Waals surface area contributed by atoms with Gasteiger partial charge in [0.15, 0.2) is 11.6 Å². The lowest BCUT2D eigenvalue weighted by Crippen LogP contribution is -2.41. The zero-order valence-corrected chi connectivity index (χ0v) is 17.5. The van der Waals surface area contributed by atoms with Gasteiger partial charge in [0, 0.05) is 12.1 Å². The van der Waals surface area contributed by atoms with Crippen LogP contribution in [-0.2, 0) is 11.4 Å². The van der Waals surface area contributed by atoms with Crippen molar-refractivity contribution >= 4 is 33.5 Å². The number of nitrogens with one attached hydrogen (secondary N) is 1. The second kappa shape index (κ2) is 9.03. The maximum atomic E-state index is 14.9. The maximum Gasteiger partial charge on any atom is 0.263 e. The molecule has 1 saturated heterocycles. The van der Waals surface area contributed by atoms with Gasteiger partial charge < -0.3 is 9.64 Å². The van der Waals surface area contributed by atoms with E-state index in [4.69, 9.17) is 4.74 Å². The van der Waals surface area contributed by atoms with Crippen LogP contribution >= 0.6 is 11.3 Å². The molecule has 0 aliphatic carbocycles. The van der Waals surface area contributed by atoms with Gasteiger partial charge in [0.05, 0.1) is 0 Å². The summed E-state index contributed by atoms with van der Waals surface area (Å²) in [6.45, 7) is 1.37. The molecule has 7 nitrogen and oxygen atoms in total. The van der Waals surface area contributed by atoms with E-state index in [1.54, 1.807) is 18.3 Å². The Morgan fingerprint density at radius 1 is 1.26 bits per heavy atom. The molecule has 1 aromatic carbocycles. The summed E-state index contributed by atoms with van der Waals surface area (Å²) in [7, 11) is 1.94. The highest BCUT2D eigenvalue weighted by molar-refractivity contribution is 7.18. The van der Waals surface area contributed by atoms with Crippen molar-refractivity contribution in [1.29, 1.82) is 0 Å². The highest BCUT2D eigenvalue weighted by Crippen LogP contribution is 2.26. The number of ether oxygens (including phenoxy) is 1. The van der Waals surface area contributed by atoms with Gasteiger partial charge in [-0.3, -0.25) is 14.9 Å². The van der Waals surface area contributed by atoms with Gasteiger partial charge in [0.1, 0.15) is 33.3 Å². The first-order valence-corrected chi connectivity index (χ1v) is 10.6. The van der Waals surface area contributed by atoms with Gasteiger partial charge in [-0.05, 0) is 57.2 Å². The lowest BCUT2D eigenvalue weighted by molar-refractivity contribution is -0.125. The highest BCUT2D eigenvalue weighted by atomic mass is 32.1. The number of carbonyl (C=O) groups excluding carboxylic acids is 2. The molecule has 1 N–H and O–H groups in total. The molecular weight excluding hydrogens is 426 g/mol. The monoisotopic (exact) mass is 446 g/mol. The largest absolute Gasteiger partial charge is 0.483 e. The number of likely N-dealkylation sites (tertiary alicyclic amines) is 1. The number of imide groups is 1. The third-order valence-electron chi connectivity index (χ3n) is 5.17. The van der Waals surface area contributed by atoms with Gasteiger partial charge in [-0.15, -0.1) is 0 Å². The molecule has 1 aliphatic heterocycles. The van der Waals surface area contributed by atoms with Crippen LogP contribution in [0.5, 0.6) is 5.75 Å². The minimum Gasteiger partial charge on any atom is -0.483 e. The number of benzene rings is 1. The zero-order valence-electron chi connectivity index (χ0n) is 16.7. The Kier molecular flexibility index (Phi) is 6.19. The van der Waals surface area contributed by atoms with E-state index in [-0.39, 0.29) is 18.3 Å². The van der Waals surface area contributed by atoms with Crippen molar-refractivity contribution in [2.45, 2.75) is 19.4 Å². The molecule has 0 atom stereocenters. The molecule has 0 radical (unpaired) electrons. The zero-order chi connectivity index (χ0) is 22.0. The van der Waals surface area contributed by atoms with Crippen molar-refractivity contribution in [3.8, 4) is 5.75 Å². The van der Waals surface area contributed by atoms with Gasteiger partial charge in [-0.25, -0.2) is 18.7 Å². The van der Waals surface area contributed by atoms with E-state index >= 15 is 0 Å². The number of fused-ring (bicyclic) bond motifs is 1. The third-order valence-corrected chi connectivity index (χ3v) is 6.12. The normalized spacial score (nSPS) is 15.2. The number of carbonyl (C=O) groups is 2. The van der Waals surface area contributed by atoms with E-state index in [0.29, 0.717) is 28.2 Å². The number of thiazole rings is 1. The van der Waals surface area contributed by atoms with Crippen LogP contribution in [-0.4, -0.2) is 46.8 Å². The second-order valence-corrected chi connectivity index (χ2v) is 8.42. The Hall–Kier alpha value is -2.98. The van der Waals surface area contributed by atoms with E-state index in [1.165, 1.54) is 11.3 Å². The Bertz CT molecular complexity index is 1100. The van der Waals surface area contributed by atoms with Crippen LogP contribution in [0.1, 0.15) is 28.2 Å². The van der Waals surface area contributed by atoms with Gasteiger partial charge in [0.2, 0.25) is 5.91 Å². The van der Waals surface area contributed by atoms with Gasteiger partial charge in [0.25, 0.3) is 5.91 Å². The number of rotatable bonds is 5. The lowest BCUT2D eigenvalue weighted by atomic mass is 9.96. The summed E-state index contributed by atoms with van der Waals surface area (Å²) in [4.78, 5) is 36.1.